The molecule has 0 bridgehead atoms. The Bertz CT molecular complexity index is 462. The highest BCUT2D eigenvalue weighted by Gasteiger charge is 2.46. The van der Waals surface area contributed by atoms with Crippen LogP contribution >= 0.6 is 27.5 Å². The maximum Gasteiger partial charge on any atom is 0.243 e. The van der Waals surface area contributed by atoms with Crippen molar-refractivity contribution in [3.05, 3.63) is 27.7 Å². The highest BCUT2D eigenvalue weighted by atomic mass is 79.9. The van der Waals surface area contributed by atoms with Crippen LogP contribution in [0.4, 0.5) is 5.69 Å². The van der Waals surface area contributed by atoms with Gasteiger partial charge in [-0.2, -0.15) is 0 Å². The van der Waals surface area contributed by atoms with E-state index in [0.29, 0.717) is 10.9 Å². The van der Waals surface area contributed by atoms with Gasteiger partial charge in [0, 0.05) is 10.2 Å². The Labute approximate surface area is 114 Å². The average molecular weight is 318 g/mol. The third-order valence-electron chi connectivity index (χ3n) is 3.23. The molecule has 17 heavy (non-hydrogen) atoms. The van der Waals surface area contributed by atoms with Crippen LogP contribution in [0.1, 0.15) is 19.8 Å². The van der Waals surface area contributed by atoms with Gasteiger partial charge in [-0.3, -0.25) is 4.79 Å². The van der Waals surface area contributed by atoms with E-state index in [1.807, 2.05) is 19.1 Å². The number of benzene rings is 1. The molecule has 0 aromatic heterocycles. The maximum absolute atomic E-state index is 11.6. The van der Waals surface area contributed by atoms with Crippen molar-refractivity contribution < 1.29 is 4.79 Å². The lowest BCUT2D eigenvalue weighted by Gasteiger charge is -2.28. The third-order valence-corrected chi connectivity index (χ3v) is 4.44. The summed E-state index contributed by atoms with van der Waals surface area (Å²) < 4.78 is 0.798. The number of nitrogens with two attached hydrogens (primary N) is 1. The Hall–Kier alpha value is -0.740. The molecule has 92 valence electrons. The lowest BCUT2D eigenvalue weighted by molar-refractivity contribution is -0.122. The number of carbonyl (C=O) groups is 1. The summed E-state index contributed by atoms with van der Waals surface area (Å²) in [5.41, 5.74) is 5.66. The van der Waals surface area contributed by atoms with E-state index in [2.05, 4.69) is 21.2 Å². The van der Waals surface area contributed by atoms with Gasteiger partial charge in [-0.1, -0.05) is 11.6 Å². The van der Waals surface area contributed by atoms with Crippen molar-refractivity contribution in [3.63, 3.8) is 0 Å². The maximum atomic E-state index is 11.6. The molecular formula is C12H14BrClN2O. The molecule has 0 radical (unpaired) electrons. The van der Waals surface area contributed by atoms with Crippen molar-refractivity contribution >= 4 is 39.1 Å². The van der Waals surface area contributed by atoms with Gasteiger partial charge >= 0.3 is 0 Å². The van der Waals surface area contributed by atoms with Crippen LogP contribution in [0, 0.1) is 5.92 Å². The van der Waals surface area contributed by atoms with Crippen LogP contribution < -0.4 is 11.1 Å². The van der Waals surface area contributed by atoms with Crippen LogP contribution in [0.15, 0.2) is 22.7 Å². The summed E-state index contributed by atoms with van der Waals surface area (Å²) in [6.45, 7) is 1.86. The van der Waals surface area contributed by atoms with E-state index in [1.54, 1.807) is 6.07 Å². The van der Waals surface area contributed by atoms with Crippen LogP contribution in [0.5, 0.6) is 0 Å². The molecule has 1 saturated carbocycles. The lowest BCUT2D eigenvalue weighted by Crippen LogP contribution is -2.49. The zero-order valence-corrected chi connectivity index (χ0v) is 11.8. The molecular weight excluding hydrogens is 304 g/mol. The number of amides is 1. The quantitative estimate of drug-likeness (QED) is 0.896. The Morgan fingerprint density at radius 3 is 2.71 bits per heavy atom. The van der Waals surface area contributed by atoms with Crippen LogP contribution in [-0.2, 0) is 4.79 Å². The zero-order valence-electron chi connectivity index (χ0n) is 9.47. The molecule has 1 aromatic rings. The Morgan fingerprint density at radius 2 is 2.24 bits per heavy atom. The second kappa shape index (κ2) is 4.50. The topological polar surface area (TPSA) is 55.1 Å². The summed E-state index contributed by atoms with van der Waals surface area (Å²) in [5.74, 6) is 0.0144. The summed E-state index contributed by atoms with van der Waals surface area (Å²) >= 11 is 9.28. The lowest BCUT2D eigenvalue weighted by atomic mass is 9.94. The van der Waals surface area contributed by atoms with E-state index >= 15 is 0 Å². The molecule has 0 aliphatic heterocycles. The largest absolute Gasteiger partial charge is 0.371 e. The molecule has 3 nitrogen and oxygen atoms in total. The van der Waals surface area contributed by atoms with Crippen molar-refractivity contribution in [2.24, 2.45) is 11.7 Å². The first-order chi connectivity index (χ1) is 7.93. The van der Waals surface area contributed by atoms with Crippen LogP contribution in [0.3, 0.4) is 0 Å². The monoisotopic (exact) mass is 316 g/mol. The summed E-state index contributed by atoms with van der Waals surface area (Å²) in [4.78, 5) is 11.6. The molecule has 1 amide bonds. The molecule has 1 fully saturated rings. The van der Waals surface area contributed by atoms with Crippen LogP contribution in [0.2, 0.25) is 5.02 Å². The van der Waals surface area contributed by atoms with Gasteiger partial charge in [0.05, 0.1) is 5.02 Å². The van der Waals surface area contributed by atoms with Crippen molar-refractivity contribution in [3.8, 4) is 0 Å². The van der Waals surface area contributed by atoms with E-state index in [1.165, 1.54) is 0 Å². The smallest absolute Gasteiger partial charge is 0.243 e. The molecule has 1 aromatic carbocycles. The molecule has 0 spiro atoms. The predicted octanol–water partition coefficient (Wildman–Crippen LogP) is 3.17. The minimum atomic E-state index is -0.673. The minimum absolute atomic E-state index is 0.314. The molecule has 1 aliphatic rings. The SMILES string of the molecule is CC(Nc1ccc(Cl)c(Br)c1)(C(N)=O)C1CC1. The van der Waals surface area contributed by atoms with Gasteiger partial charge in [0.15, 0.2) is 0 Å². The Balaban J connectivity index is 2.23. The number of primary amides is 1. The highest BCUT2D eigenvalue weighted by molar-refractivity contribution is 9.10. The van der Waals surface area contributed by atoms with Crippen molar-refractivity contribution in [1.82, 2.24) is 0 Å². The summed E-state index contributed by atoms with van der Waals surface area (Å²) in [6, 6.07) is 5.48. The fourth-order valence-corrected chi connectivity index (χ4v) is 2.40. The van der Waals surface area contributed by atoms with Crippen LogP contribution in [-0.4, -0.2) is 11.4 Å². The fourth-order valence-electron chi connectivity index (χ4n) is 1.90. The first-order valence-corrected chi connectivity index (χ1v) is 6.63. The number of anilines is 1. The molecule has 1 unspecified atom stereocenters. The Kier molecular flexibility index (Phi) is 3.36. The number of rotatable bonds is 4. The third kappa shape index (κ3) is 2.58. The number of carbonyl (C=O) groups excluding carboxylic acids is 1. The molecule has 2 rings (SSSR count). The normalized spacial score (nSPS) is 18.5. The number of nitrogens with one attached hydrogen (secondary N) is 1. The number of hydrogen-bond donors (Lipinski definition) is 2. The van der Waals surface area contributed by atoms with E-state index in [9.17, 15) is 4.79 Å². The van der Waals surface area contributed by atoms with Crippen molar-refractivity contribution in [1.29, 1.82) is 0 Å². The van der Waals surface area contributed by atoms with Gasteiger partial charge < -0.3 is 11.1 Å². The van der Waals surface area contributed by atoms with Gasteiger partial charge in [-0.05, 0) is 59.8 Å². The van der Waals surface area contributed by atoms with Gasteiger partial charge in [0.25, 0.3) is 0 Å². The first kappa shape index (κ1) is 12.7. The summed E-state index contributed by atoms with van der Waals surface area (Å²) in [6.07, 6.45) is 2.09. The predicted molar refractivity (Wildman–Crippen MR) is 73.1 cm³/mol. The molecule has 5 heteroatoms. The fraction of sp³-hybridized carbons (Fsp3) is 0.417. The van der Waals surface area contributed by atoms with Gasteiger partial charge in [0.2, 0.25) is 5.91 Å². The second-order valence-corrected chi connectivity index (χ2v) is 5.86. The summed E-state index contributed by atoms with van der Waals surface area (Å²) in [7, 11) is 0. The van der Waals surface area contributed by atoms with E-state index in [0.717, 1.165) is 23.0 Å². The highest BCUT2D eigenvalue weighted by Crippen LogP contribution is 2.41. The molecule has 0 heterocycles. The molecule has 3 N–H and O–H groups in total. The van der Waals surface area contributed by atoms with E-state index in [4.69, 9.17) is 17.3 Å². The number of hydrogen-bond acceptors (Lipinski definition) is 2. The van der Waals surface area contributed by atoms with Gasteiger partial charge in [-0.15, -0.1) is 0 Å². The van der Waals surface area contributed by atoms with E-state index < -0.39 is 5.54 Å². The summed E-state index contributed by atoms with van der Waals surface area (Å²) in [5, 5.41) is 3.86. The van der Waals surface area contributed by atoms with Crippen molar-refractivity contribution in [2.75, 3.05) is 5.32 Å². The van der Waals surface area contributed by atoms with Gasteiger partial charge in [-0.25, -0.2) is 0 Å². The van der Waals surface area contributed by atoms with E-state index in [-0.39, 0.29) is 5.91 Å². The van der Waals surface area contributed by atoms with Gasteiger partial charge in [0.1, 0.15) is 5.54 Å². The minimum Gasteiger partial charge on any atom is -0.371 e. The molecule has 0 saturated heterocycles. The Morgan fingerprint density at radius 1 is 1.59 bits per heavy atom. The zero-order chi connectivity index (χ0) is 12.6. The van der Waals surface area contributed by atoms with Crippen molar-refractivity contribution in [2.45, 2.75) is 25.3 Å². The molecule has 1 atom stereocenters. The van der Waals surface area contributed by atoms with Crippen LogP contribution in [0.25, 0.3) is 0 Å². The first-order valence-electron chi connectivity index (χ1n) is 5.46. The average Bonchev–Trinajstić information content (AvgIpc) is 3.07. The number of halogens is 2. The second-order valence-electron chi connectivity index (χ2n) is 4.59. The molecule has 1 aliphatic carbocycles. The standard InChI is InChI=1S/C12H14BrClN2O/c1-12(11(15)17,7-2-3-7)16-8-4-5-10(14)9(13)6-8/h4-7,16H,2-3H2,1H3,(H2,15,17).